The van der Waals surface area contributed by atoms with Crippen LogP contribution in [0.2, 0.25) is 0 Å². The van der Waals surface area contributed by atoms with E-state index in [1.165, 1.54) is 0 Å². The van der Waals surface area contributed by atoms with E-state index in [4.69, 9.17) is 10.2 Å². The summed E-state index contributed by atoms with van der Waals surface area (Å²) >= 11 is 0. The first-order valence-electron chi connectivity index (χ1n) is 7.49. The molecule has 5 nitrogen and oxygen atoms in total. The Morgan fingerprint density at radius 1 is 1.32 bits per heavy atom. The summed E-state index contributed by atoms with van der Waals surface area (Å²) in [6.45, 7) is 6.32. The smallest absolute Gasteiger partial charge is 0.231 e. The molecule has 0 spiro atoms. The molecule has 0 radical (unpaired) electrons. The van der Waals surface area contributed by atoms with E-state index in [1.807, 2.05) is 39.0 Å². The van der Waals surface area contributed by atoms with Crippen molar-refractivity contribution in [1.82, 2.24) is 4.98 Å². The highest BCUT2D eigenvalue weighted by Crippen LogP contribution is 2.28. The van der Waals surface area contributed by atoms with Crippen molar-refractivity contribution in [2.75, 3.05) is 11.9 Å². The molecule has 122 valence electrons. The highest BCUT2D eigenvalue weighted by molar-refractivity contribution is 5.96. The minimum atomic E-state index is -0.507. The van der Waals surface area contributed by atoms with Crippen LogP contribution in [-0.4, -0.2) is 17.4 Å². The molecule has 0 aliphatic rings. The number of benzene rings is 1. The summed E-state index contributed by atoms with van der Waals surface area (Å²) in [6, 6.07) is 5.50. The fourth-order valence-corrected chi connectivity index (χ4v) is 2.42. The number of aromatic nitrogens is 1. The van der Waals surface area contributed by atoms with E-state index in [2.05, 4.69) is 10.3 Å². The van der Waals surface area contributed by atoms with Crippen molar-refractivity contribution < 1.29 is 9.21 Å². The third kappa shape index (κ3) is 3.42. The van der Waals surface area contributed by atoms with Crippen LogP contribution in [0, 0.1) is 5.41 Å². The van der Waals surface area contributed by atoms with Gasteiger partial charge in [-0.1, -0.05) is 20.8 Å². The standard InChI is InChI=1S/C16H23N3O2.ClH/c1-4-14-19-12-9-11(7-8-13(12)21-14)18-15(20)16(5-2,6-3)10-17;/h7-9H,4-6,10,17H2,1-3H3,(H,18,20);1H. The lowest BCUT2D eigenvalue weighted by Crippen LogP contribution is -2.41. The molecule has 2 rings (SSSR count). The van der Waals surface area contributed by atoms with Gasteiger partial charge in [0.1, 0.15) is 5.52 Å². The number of carbonyl (C=O) groups excluding carboxylic acids is 1. The molecule has 0 unspecified atom stereocenters. The summed E-state index contributed by atoms with van der Waals surface area (Å²) in [6.07, 6.45) is 2.19. The molecular weight excluding hydrogens is 302 g/mol. The van der Waals surface area contributed by atoms with E-state index in [1.54, 1.807) is 0 Å². The largest absolute Gasteiger partial charge is 0.441 e. The Kier molecular flexibility index (Phi) is 6.38. The topological polar surface area (TPSA) is 81.2 Å². The lowest BCUT2D eigenvalue weighted by Gasteiger charge is -2.28. The Morgan fingerprint density at radius 3 is 2.55 bits per heavy atom. The minimum absolute atomic E-state index is 0. The Morgan fingerprint density at radius 2 is 2.00 bits per heavy atom. The molecule has 0 bridgehead atoms. The maximum atomic E-state index is 12.5. The van der Waals surface area contributed by atoms with Crippen LogP contribution >= 0.6 is 12.4 Å². The van der Waals surface area contributed by atoms with Crippen LogP contribution in [0.25, 0.3) is 11.1 Å². The van der Waals surface area contributed by atoms with Gasteiger partial charge in [0.2, 0.25) is 5.91 Å². The van der Waals surface area contributed by atoms with Crippen LogP contribution in [0.1, 0.15) is 39.5 Å². The van der Waals surface area contributed by atoms with Crippen molar-refractivity contribution >= 4 is 35.1 Å². The normalized spacial score (nSPS) is 11.3. The van der Waals surface area contributed by atoms with Gasteiger partial charge in [-0.25, -0.2) is 4.98 Å². The Balaban J connectivity index is 0.00000242. The number of oxazole rings is 1. The second-order valence-corrected chi connectivity index (χ2v) is 5.29. The predicted molar refractivity (Wildman–Crippen MR) is 91.3 cm³/mol. The number of amides is 1. The number of hydrogen-bond donors (Lipinski definition) is 2. The number of halogens is 1. The summed E-state index contributed by atoms with van der Waals surface area (Å²) < 4.78 is 5.56. The molecule has 0 fully saturated rings. The van der Waals surface area contributed by atoms with Crippen molar-refractivity contribution in [1.29, 1.82) is 0 Å². The molecule has 1 aromatic heterocycles. The zero-order chi connectivity index (χ0) is 15.5. The third-order valence-electron chi connectivity index (χ3n) is 4.22. The zero-order valence-electron chi connectivity index (χ0n) is 13.3. The third-order valence-corrected chi connectivity index (χ3v) is 4.22. The lowest BCUT2D eigenvalue weighted by atomic mass is 9.81. The van der Waals surface area contributed by atoms with Gasteiger partial charge in [0.25, 0.3) is 0 Å². The van der Waals surface area contributed by atoms with Crippen LogP contribution < -0.4 is 11.1 Å². The average molecular weight is 326 g/mol. The molecular formula is C16H24ClN3O2. The number of rotatable bonds is 6. The molecule has 1 aromatic carbocycles. The fraction of sp³-hybridized carbons (Fsp3) is 0.500. The lowest BCUT2D eigenvalue weighted by molar-refractivity contribution is -0.125. The Hall–Kier alpha value is -1.59. The summed E-state index contributed by atoms with van der Waals surface area (Å²) in [7, 11) is 0. The van der Waals surface area contributed by atoms with Gasteiger partial charge in [0.15, 0.2) is 11.5 Å². The number of anilines is 1. The van der Waals surface area contributed by atoms with Gasteiger partial charge >= 0.3 is 0 Å². The summed E-state index contributed by atoms with van der Waals surface area (Å²) in [5.41, 5.74) is 7.52. The second-order valence-electron chi connectivity index (χ2n) is 5.29. The van der Waals surface area contributed by atoms with Crippen molar-refractivity contribution in [3.8, 4) is 0 Å². The van der Waals surface area contributed by atoms with Gasteiger partial charge in [-0.2, -0.15) is 0 Å². The van der Waals surface area contributed by atoms with E-state index >= 15 is 0 Å². The second kappa shape index (κ2) is 7.61. The van der Waals surface area contributed by atoms with Crippen LogP contribution in [0.4, 0.5) is 5.69 Å². The average Bonchev–Trinajstić information content (AvgIpc) is 2.92. The number of aryl methyl sites for hydroxylation is 1. The maximum absolute atomic E-state index is 12.5. The van der Waals surface area contributed by atoms with Gasteiger partial charge in [-0.05, 0) is 31.0 Å². The van der Waals surface area contributed by atoms with Gasteiger partial charge in [-0.3, -0.25) is 4.79 Å². The van der Waals surface area contributed by atoms with Crippen molar-refractivity contribution in [3.05, 3.63) is 24.1 Å². The summed E-state index contributed by atoms with van der Waals surface area (Å²) in [5, 5.41) is 2.95. The quantitative estimate of drug-likeness (QED) is 0.851. The Bertz CT molecular complexity index is 627. The number of nitrogens with one attached hydrogen (secondary N) is 1. The zero-order valence-corrected chi connectivity index (χ0v) is 14.1. The highest BCUT2D eigenvalue weighted by Gasteiger charge is 2.33. The van der Waals surface area contributed by atoms with Crippen molar-refractivity contribution in [2.45, 2.75) is 40.0 Å². The number of nitrogens with two attached hydrogens (primary N) is 1. The van der Waals surface area contributed by atoms with Gasteiger partial charge in [0.05, 0.1) is 5.41 Å². The molecule has 2 aromatic rings. The molecule has 6 heteroatoms. The fourth-order valence-electron chi connectivity index (χ4n) is 2.42. The number of carbonyl (C=O) groups is 1. The molecule has 0 atom stereocenters. The van der Waals surface area contributed by atoms with Crippen LogP contribution in [0.15, 0.2) is 22.6 Å². The van der Waals surface area contributed by atoms with Crippen molar-refractivity contribution in [3.63, 3.8) is 0 Å². The molecule has 0 saturated heterocycles. The van der Waals surface area contributed by atoms with Crippen molar-refractivity contribution in [2.24, 2.45) is 11.1 Å². The van der Waals surface area contributed by atoms with E-state index in [0.29, 0.717) is 12.4 Å². The number of nitrogens with zero attached hydrogens (tertiary/aromatic N) is 1. The van der Waals surface area contributed by atoms with Crippen LogP contribution in [0.3, 0.4) is 0 Å². The van der Waals surface area contributed by atoms with E-state index < -0.39 is 5.41 Å². The van der Waals surface area contributed by atoms with E-state index in [-0.39, 0.29) is 18.3 Å². The first-order valence-corrected chi connectivity index (χ1v) is 7.49. The SMILES string of the molecule is CCc1nc2cc(NC(=O)C(CC)(CC)CN)ccc2o1.Cl. The molecule has 0 aliphatic carbocycles. The first kappa shape index (κ1) is 18.5. The van der Waals surface area contributed by atoms with Gasteiger partial charge < -0.3 is 15.5 Å². The molecule has 22 heavy (non-hydrogen) atoms. The Labute approximate surface area is 137 Å². The summed E-state index contributed by atoms with van der Waals surface area (Å²) in [4.78, 5) is 16.9. The molecule has 3 N–H and O–H groups in total. The highest BCUT2D eigenvalue weighted by atomic mass is 35.5. The van der Waals surface area contributed by atoms with Crippen LogP contribution in [0.5, 0.6) is 0 Å². The molecule has 1 amide bonds. The minimum Gasteiger partial charge on any atom is -0.441 e. The predicted octanol–water partition coefficient (Wildman–Crippen LogP) is 3.52. The van der Waals surface area contributed by atoms with Gasteiger partial charge in [0, 0.05) is 18.7 Å². The monoisotopic (exact) mass is 325 g/mol. The molecule has 1 heterocycles. The maximum Gasteiger partial charge on any atom is 0.231 e. The van der Waals surface area contributed by atoms with E-state index in [9.17, 15) is 4.79 Å². The van der Waals surface area contributed by atoms with Crippen LogP contribution in [-0.2, 0) is 11.2 Å². The van der Waals surface area contributed by atoms with E-state index in [0.717, 1.165) is 36.0 Å². The van der Waals surface area contributed by atoms with Gasteiger partial charge in [-0.15, -0.1) is 12.4 Å². The first-order chi connectivity index (χ1) is 10.1. The number of fused-ring (bicyclic) bond motifs is 1. The number of hydrogen-bond acceptors (Lipinski definition) is 4. The summed E-state index contributed by atoms with van der Waals surface area (Å²) in [5.74, 6) is 0.667. The molecule has 0 aliphatic heterocycles. The molecule has 0 saturated carbocycles.